The molecule has 2 amide bonds. The lowest BCUT2D eigenvalue weighted by Crippen LogP contribution is -2.45. The minimum Gasteiger partial charge on any atom is -0.351 e. The molecule has 126 valence electrons. The molecular weight excluding hydrogens is 356 g/mol. The van der Waals surface area contributed by atoms with Crippen LogP contribution < -0.4 is 10.6 Å². The van der Waals surface area contributed by atoms with Crippen LogP contribution in [0.1, 0.15) is 52.9 Å². The van der Waals surface area contributed by atoms with Crippen molar-refractivity contribution in [2.24, 2.45) is 5.41 Å². The van der Waals surface area contributed by atoms with Crippen LogP contribution in [-0.2, 0) is 9.59 Å². The highest BCUT2D eigenvalue weighted by Crippen LogP contribution is 2.42. The lowest BCUT2D eigenvalue weighted by molar-refractivity contribution is -0.133. The summed E-state index contributed by atoms with van der Waals surface area (Å²) in [5, 5.41) is 5.96. The molecule has 0 heterocycles. The predicted octanol–water partition coefficient (Wildman–Crippen LogP) is 4.25. The molecule has 1 aromatic carbocycles. The first-order valence-corrected chi connectivity index (χ1v) is 8.88. The van der Waals surface area contributed by atoms with E-state index in [1.54, 1.807) is 0 Å². The number of hydrogen-bond donors (Lipinski definition) is 2. The van der Waals surface area contributed by atoms with E-state index in [2.05, 4.69) is 26.6 Å². The van der Waals surface area contributed by atoms with Gasteiger partial charge in [0.1, 0.15) is 0 Å². The van der Waals surface area contributed by atoms with Crippen LogP contribution in [0, 0.1) is 5.41 Å². The molecular formula is C18H25BrN2O2. The fourth-order valence-electron chi connectivity index (χ4n) is 3.14. The van der Waals surface area contributed by atoms with Crippen molar-refractivity contribution in [1.82, 2.24) is 5.32 Å². The summed E-state index contributed by atoms with van der Waals surface area (Å²) < 4.78 is 0.918. The normalized spacial score (nSPS) is 16.9. The first-order valence-electron chi connectivity index (χ1n) is 8.08. The average Bonchev–Trinajstić information content (AvgIpc) is 2.86. The van der Waals surface area contributed by atoms with E-state index in [1.807, 2.05) is 45.0 Å². The monoisotopic (exact) mass is 380 g/mol. The van der Waals surface area contributed by atoms with E-state index in [0.717, 1.165) is 35.8 Å². The topological polar surface area (TPSA) is 58.2 Å². The molecule has 1 fully saturated rings. The quantitative estimate of drug-likeness (QED) is 0.819. The molecule has 1 saturated carbocycles. The Morgan fingerprint density at radius 2 is 1.87 bits per heavy atom. The van der Waals surface area contributed by atoms with Gasteiger partial charge < -0.3 is 10.6 Å². The van der Waals surface area contributed by atoms with Gasteiger partial charge in [-0.3, -0.25) is 9.59 Å². The van der Waals surface area contributed by atoms with Gasteiger partial charge in [0.2, 0.25) is 11.8 Å². The van der Waals surface area contributed by atoms with E-state index >= 15 is 0 Å². The SMILES string of the molecule is CC(C)(C)NC(=O)CC1(C(=O)Nc2cccc(Br)c2)CCCC1. The maximum atomic E-state index is 12.8. The molecule has 2 N–H and O–H groups in total. The number of nitrogens with one attached hydrogen (secondary N) is 2. The van der Waals surface area contributed by atoms with Crippen molar-refractivity contribution in [3.63, 3.8) is 0 Å². The molecule has 0 bridgehead atoms. The molecule has 1 aromatic rings. The summed E-state index contributed by atoms with van der Waals surface area (Å²) in [5.41, 5.74) is -0.109. The largest absolute Gasteiger partial charge is 0.351 e. The molecule has 0 aromatic heterocycles. The molecule has 0 saturated heterocycles. The first-order chi connectivity index (χ1) is 10.7. The van der Waals surface area contributed by atoms with Crippen LogP contribution in [0.5, 0.6) is 0 Å². The van der Waals surface area contributed by atoms with Crippen LogP contribution in [0.3, 0.4) is 0 Å². The van der Waals surface area contributed by atoms with Gasteiger partial charge in [0.25, 0.3) is 0 Å². The van der Waals surface area contributed by atoms with Gasteiger partial charge in [0.15, 0.2) is 0 Å². The molecule has 1 aliphatic rings. The molecule has 0 radical (unpaired) electrons. The Morgan fingerprint density at radius 3 is 2.43 bits per heavy atom. The third-order valence-electron chi connectivity index (χ3n) is 4.14. The Balaban J connectivity index is 2.10. The zero-order valence-electron chi connectivity index (χ0n) is 14.0. The van der Waals surface area contributed by atoms with Crippen LogP contribution in [0.15, 0.2) is 28.7 Å². The van der Waals surface area contributed by atoms with Crippen LogP contribution >= 0.6 is 15.9 Å². The van der Waals surface area contributed by atoms with Crippen molar-refractivity contribution in [2.45, 2.75) is 58.4 Å². The van der Waals surface area contributed by atoms with E-state index in [4.69, 9.17) is 0 Å². The number of benzene rings is 1. The van der Waals surface area contributed by atoms with Gasteiger partial charge >= 0.3 is 0 Å². The van der Waals surface area contributed by atoms with Gasteiger partial charge in [0, 0.05) is 22.1 Å². The third kappa shape index (κ3) is 5.06. The fourth-order valence-corrected chi connectivity index (χ4v) is 3.53. The van der Waals surface area contributed by atoms with Crippen LogP contribution in [0.4, 0.5) is 5.69 Å². The highest BCUT2D eigenvalue weighted by molar-refractivity contribution is 9.10. The molecule has 2 rings (SSSR count). The molecule has 1 aliphatic carbocycles. The lowest BCUT2D eigenvalue weighted by atomic mass is 9.81. The summed E-state index contributed by atoms with van der Waals surface area (Å²) in [6, 6.07) is 7.53. The van der Waals surface area contributed by atoms with Crippen molar-refractivity contribution in [3.05, 3.63) is 28.7 Å². The molecule has 0 spiro atoms. The number of carbonyl (C=O) groups is 2. The number of carbonyl (C=O) groups excluding carboxylic acids is 2. The van der Waals surface area contributed by atoms with Crippen molar-refractivity contribution in [1.29, 1.82) is 0 Å². The van der Waals surface area contributed by atoms with Crippen LogP contribution in [0.25, 0.3) is 0 Å². The highest BCUT2D eigenvalue weighted by Gasteiger charge is 2.43. The Morgan fingerprint density at radius 1 is 1.22 bits per heavy atom. The zero-order chi connectivity index (χ0) is 17.1. The zero-order valence-corrected chi connectivity index (χ0v) is 15.6. The van der Waals surface area contributed by atoms with Gasteiger partial charge in [-0.2, -0.15) is 0 Å². The summed E-state index contributed by atoms with van der Waals surface area (Å²) in [4.78, 5) is 25.2. The van der Waals surface area contributed by atoms with Gasteiger partial charge in [-0.05, 0) is 51.8 Å². The summed E-state index contributed by atoms with van der Waals surface area (Å²) in [7, 11) is 0. The predicted molar refractivity (Wildman–Crippen MR) is 96.2 cm³/mol. The van der Waals surface area contributed by atoms with E-state index in [0.29, 0.717) is 0 Å². The Labute approximate surface area is 146 Å². The van der Waals surface area contributed by atoms with E-state index in [-0.39, 0.29) is 23.8 Å². The summed E-state index contributed by atoms with van der Waals surface area (Å²) in [6.45, 7) is 5.86. The van der Waals surface area contributed by atoms with Gasteiger partial charge in [-0.15, -0.1) is 0 Å². The molecule has 5 heteroatoms. The van der Waals surface area contributed by atoms with E-state index in [1.165, 1.54) is 0 Å². The fraction of sp³-hybridized carbons (Fsp3) is 0.556. The molecule has 23 heavy (non-hydrogen) atoms. The maximum Gasteiger partial charge on any atom is 0.231 e. The smallest absolute Gasteiger partial charge is 0.231 e. The van der Waals surface area contributed by atoms with Crippen molar-refractivity contribution in [3.8, 4) is 0 Å². The Bertz CT molecular complexity index is 587. The minimum absolute atomic E-state index is 0.0443. The molecule has 4 nitrogen and oxygen atoms in total. The third-order valence-corrected chi connectivity index (χ3v) is 4.63. The summed E-state index contributed by atoms with van der Waals surface area (Å²) >= 11 is 3.41. The number of amides is 2. The Hall–Kier alpha value is -1.36. The van der Waals surface area contributed by atoms with Crippen molar-refractivity contribution in [2.75, 3.05) is 5.32 Å². The minimum atomic E-state index is -0.586. The second-order valence-electron chi connectivity index (χ2n) is 7.43. The van der Waals surface area contributed by atoms with E-state index in [9.17, 15) is 9.59 Å². The van der Waals surface area contributed by atoms with Crippen LogP contribution in [0.2, 0.25) is 0 Å². The number of hydrogen-bond acceptors (Lipinski definition) is 2. The van der Waals surface area contributed by atoms with Gasteiger partial charge in [-0.1, -0.05) is 34.8 Å². The summed E-state index contributed by atoms with van der Waals surface area (Å²) in [5.74, 6) is -0.0963. The molecule has 0 aliphatic heterocycles. The first kappa shape index (κ1) is 18.0. The standard InChI is InChI=1S/C18H25BrN2O2/c1-17(2,3)21-15(22)12-18(9-4-5-10-18)16(23)20-14-8-6-7-13(19)11-14/h6-8,11H,4-5,9-10,12H2,1-3H3,(H,20,23)(H,21,22). The molecule has 0 unspecified atom stereocenters. The second-order valence-corrected chi connectivity index (χ2v) is 8.34. The van der Waals surface area contributed by atoms with E-state index < -0.39 is 5.41 Å². The number of anilines is 1. The average molecular weight is 381 g/mol. The van der Waals surface area contributed by atoms with Crippen molar-refractivity contribution < 1.29 is 9.59 Å². The number of rotatable bonds is 4. The number of halogens is 1. The summed E-state index contributed by atoms with van der Waals surface area (Å²) in [6.07, 6.45) is 3.78. The van der Waals surface area contributed by atoms with Gasteiger partial charge in [0.05, 0.1) is 5.41 Å². The lowest BCUT2D eigenvalue weighted by Gasteiger charge is -2.29. The molecule has 0 atom stereocenters. The Kier molecular flexibility index (Phi) is 5.50. The second kappa shape index (κ2) is 7.04. The van der Waals surface area contributed by atoms with Crippen molar-refractivity contribution >= 4 is 33.4 Å². The highest BCUT2D eigenvalue weighted by atomic mass is 79.9. The van der Waals surface area contributed by atoms with Gasteiger partial charge in [-0.25, -0.2) is 0 Å². The maximum absolute atomic E-state index is 12.8. The van der Waals surface area contributed by atoms with Crippen LogP contribution in [-0.4, -0.2) is 17.4 Å².